The van der Waals surface area contributed by atoms with E-state index in [1.165, 1.54) is 61.2 Å². The van der Waals surface area contributed by atoms with Crippen LogP contribution in [0.25, 0.3) is 77.6 Å². The van der Waals surface area contributed by atoms with Crippen molar-refractivity contribution in [3.8, 4) is 55.6 Å². The maximum absolute atomic E-state index is 6.21. The Morgan fingerprint density at radius 2 is 0.739 bits per heavy atom. The van der Waals surface area contributed by atoms with Gasteiger partial charge in [0, 0.05) is 27.7 Å². The van der Waals surface area contributed by atoms with E-state index in [0.717, 1.165) is 55.7 Å². The van der Waals surface area contributed by atoms with Crippen molar-refractivity contribution >= 4 is 39.0 Å². The largest absolute Gasteiger partial charge is 0.456 e. The van der Waals surface area contributed by atoms with E-state index < -0.39 is 5.41 Å². The fraction of sp³-hybridized carbons (Fsp3) is 0.0149. The number of furan rings is 1. The predicted octanol–water partition coefficient (Wildman–Crippen LogP) is 18.1. The zero-order valence-corrected chi connectivity index (χ0v) is 37.8. The third kappa shape index (κ3) is 6.80. The second-order valence-corrected chi connectivity index (χ2v) is 18.0. The summed E-state index contributed by atoms with van der Waals surface area (Å²) in [5, 5.41) is 2.25. The summed E-state index contributed by atoms with van der Waals surface area (Å²) < 4.78 is 6.21. The van der Waals surface area contributed by atoms with Crippen LogP contribution in [0.4, 0.5) is 17.1 Å². The smallest absolute Gasteiger partial charge is 0.135 e. The molecule has 0 spiro atoms. The Bertz CT molecular complexity index is 3700. The number of nitrogens with zero attached hydrogens (tertiary/aromatic N) is 1. The third-order valence-electron chi connectivity index (χ3n) is 14.1. The van der Waals surface area contributed by atoms with E-state index in [1.807, 2.05) is 12.1 Å². The third-order valence-corrected chi connectivity index (χ3v) is 14.1. The van der Waals surface area contributed by atoms with Gasteiger partial charge in [-0.1, -0.05) is 206 Å². The minimum absolute atomic E-state index is 0.528. The summed E-state index contributed by atoms with van der Waals surface area (Å²) in [4.78, 5) is 2.46. The van der Waals surface area contributed by atoms with Gasteiger partial charge in [0.25, 0.3) is 0 Å². The van der Waals surface area contributed by atoms with Gasteiger partial charge in [-0.05, 0) is 139 Å². The van der Waals surface area contributed by atoms with Gasteiger partial charge in [0.1, 0.15) is 11.2 Å². The predicted molar refractivity (Wildman–Crippen MR) is 287 cm³/mol. The average molecular weight is 880 g/mol. The monoisotopic (exact) mass is 879 g/mol. The number of para-hydroxylation sites is 1. The van der Waals surface area contributed by atoms with Crippen molar-refractivity contribution < 1.29 is 4.42 Å². The molecule has 1 aromatic heterocycles. The second-order valence-electron chi connectivity index (χ2n) is 18.0. The van der Waals surface area contributed by atoms with Crippen LogP contribution < -0.4 is 4.90 Å². The zero-order valence-electron chi connectivity index (χ0n) is 37.8. The fourth-order valence-corrected chi connectivity index (χ4v) is 11.0. The first-order chi connectivity index (χ1) is 34.2. The highest BCUT2D eigenvalue weighted by Gasteiger charge is 2.47. The van der Waals surface area contributed by atoms with Gasteiger partial charge < -0.3 is 9.32 Å². The van der Waals surface area contributed by atoms with Crippen LogP contribution >= 0.6 is 0 Å². The lowest BCUT2D eigenvalue weighted by atomic mass is 9.68. The van der Waals surface area contributed by atoms with Crippen LogP contribution in [-0.2, 0) is 5.41 Å². The van der Waals surface area contributed by atoms with Crippen molar-refractivity contribution in [2.75, 3.05) is 4.90 Å². The van der Waals surface area contributed by atoms with Crippen LogP contribution in [0.2, 0.25) is 0 Å². The molecule has 0 saturated heterocycles. The van der Waals surface area contributed by atoms with E-state index in [4.69, 9.17) is 4.42 Å². The molecule has 13 rings (SSSR count). The highest BCUT2D eigenvalue weighted by atomic mass is 16.3. The van der Waals surface area contributed by atoms with Crippen LogP contribution in [0.15, 0.2) is 277 Å². The lowest BCUT2D eigenvalue weighted by Gasteiger charge is -2.34. The SMILES string of the molecule is c1ccc(-c2cc(-c3ccccc3)cc(-c3ccc(N(c4ccc(-c5ccc6oc7ccccc7c6c5)cc4)c4cccc5c4-c4ccccc4C5(c4ccccc4)c4ccccc4)cc3)c2)cc1. The van der Waals surface area contributed by atoms with E-state index >= 15 is 0 Å². The maximum Gasteiger partial charge on any atom is 0.135 e. The maximum atomic E-state index is 6.21. The highest BCUT2D eigenvalue weighted by Crippen LogP contribution is 2.59. The van der Waals surface area contributed by atoms with Gasteiger partial charge in [-0.2, -0.15) is 0 Å². The van der Waals surface area contributed by atoms with E-state index in [1.54, 1.807) is 0 Å². The van der Waals surface area contributed by atoms with Gasteiger partial charge in [0.2, 0.25) is 0 Å². The van der Waals surface area contributed by atoms with E-state index in [2.05, 4.69) is 266 Å². The number of hydrogen-bond donors (Lipinski definition) is 0. The van der Waals surface area contributed by atoms with E-state index in [0.29, 0.717) is 0 Å². The Hall–Kier alpha value is -8.98. The standard InChI is InChI=1S/C67H45NO/c1-5-18-46(19-6-1)51-42-52(47-20-7-2-8-21-47)44-53(43-51)49-34-39-57(40-35-49)68(56-37-32-48(33-38-56)50-36-41-65-60(45-50)58-26-14-16-31-64(58)69-65)63-30-17-29-62-66(63)59-27-13-15-28-61(59)67(62,54-22-9-3-10-23-54)55-24-11-4-12-25-55/h1-45H. The molecule has 0 aliphatic heterocycles. The van der Waals surface area contributed by atoms with Gasteiger partial charge in [-0.3, -0.25) is 0 Å². The van der Waals surface area contributed by atoms with E-state index in [-0.39, 0.29) is 0 Å². The van der Waals surface area contributed by atoms with Crippen LogP contribution in [0, 0.1) is 0 Å². The fourth-order valence-electron chi connectivity index (χ4n) is 11.0. The molecule has 324 valence electrons. The minimum Gasteiger partial charge on any atom is -0.456 e. The molecule has 12 aromatic rings. The Balaban J connectivity index is 0.991. The number of anilines is 3. The Kier molecular flexibility index (Phi) is 9.77. The van der Waals surface area contributed by atoms with Crippen molar-refractivity contribution in [1.29, 1.82) is 0 Å². The molecule has 1 aliphatic rings. The summed E-state index contributed by atoms with van der Waals surface area (Å²) in [5.41, 5.74) is 21.4. The number of benzene rings is 11. The average Bonchev–Trinajstić information content (AvgIpc) is 3.96. The molecule has 2 nitrogen and oxygen atoms in total. The summed E-state index contributed by atoms with van der Waals surface area (Å²) in [7, 11) is 0. The number of rotatable bonds is 9. The van der Waals surface area contributed by atoms with Gasteiger partial charge in [-0.15, -0.1) is 0 Å². The summed E-state index contributed by atoms with van der Waals surface area (Å²) in [6, 6.07) is 99.4. The van der Waals surface area contributed by atoms with Gasteiger partial charge in [0.05, 0.1) is 11.1 Å². The molecular weight excluding hydrogens is 835 g/mol. The molecule has 0 bridgehead atoms. The normalized spacial score (nSPS) is 12.5. The molecule has 0 radical (unpaired) electrons. The molecule has 1 aliphatic carbocycles. The lowest BCUT2D eigenvalue weighted by Crippen LogP contribution is -2.28. The lowest BCUT2D eigenvalue weighted by molar-refractivity contribution is 0.669. The van der Waals surface area contributed by atoms with Crippen molar-refractivity contribution in [3.63, 3.8) is 0 Å². The van der Waals surface area contributed by atoms with Crippen molar-refractivity contribution in [3.05, 3.63) is 295 Å². The molecule has 0 unspecified atom stereocenters. The summed E-state index contributed by atoms with van der Waals surface area (Å²) in [5.74, 6) is 0. The molecule has 0 atom stereocenters. The van der Waals surface area contributed by atoms with Crippen LogP contribution in [0.1, 0.15) is 22.3 Å². The van der Waals surface area contributed by atoms with Crippen LogP contribution in [0.5, 0.6) is 0 Å². The first-order valence-corrected chi connectivity index (χ1v) is 23.7. The first-order valence-electron chi connectivity index (χ1n) is 23.7. The molecule has 2 heteroatoms. The zero-order chi connectivity index (χ0) is 45.7. The Morgan fingerprint density at radius 3 is 1.33 bits per heavy atom. The minimum atomic E-state index is -0.528. The molecule has 11 aromatic carbocycles. The number of fused-ring (bicyclic) bond motifs is 6. The Morgan fingerprint density at radius 1 is 0.290 bits per heavy atom. The van der Waals surface area contributed by atoms with Gasteiger partial charge in [-0.25, -0.2) is 0 Å². The highest BCUT2D eigenvalue weighted by molar-refractivity contribution is 6.06. The summed E-state index contributed by atoms with van der Waals surface area (Å²) >= 11 is 0. The summed E-state index contributed by atoms with van der Waals surface area (Å²) in [6.07, 6.45) is 0. The molecule has 0 saturated carbocycles. The topological polar surface area (TPSA) is 16.4 Å². The molecule has 1 heterocycles. The molecular formula is C67H45NO. The van der Waals surface area contributed by atoms with Gasteiger partial charge >= 0.3 is 0 Å². The van der Waals surface area contributed by atoms with Crippen molar-refractivity contribution in [2.24, 2.45) is 0 Å². The quantitative estimate of drug-likeness (QED) is 0.144. The molecule has 0 N–H and O–H groups in total. The molecule has 0 fully saturated rings. The Labute approximate surface area is 402 Å². The molecule has 69 heavy (non-hydrogen) atoms. The van der Waals surface area contributed by atoms with Crippen molar-refractivity contribution in [2.45, 2.75) is 5.41 Å². The second kappa shape index (κ2) is 16.7. The van der Waals surface area contributed by atoms with Gasteiger partial charge in [0.15, 0.2) is 0 Å². The van der Waals surface area contributed by atoms with Crippen molar-refractivity contribution in [1.82, 2.24) is 0 Å². The van der Waals surface area contributed by atoms with Crippen LogP contribution in [0.3, 0.4) is 0 Å². The number of hydrogen-bond acceptors (Lipinski definition) is 2. The van der Waals surface area contributed by atoms with Crippen LogP contribution in [-0.4, -0.2) is 0 Å². The van der Waals surface area contributed by atoms with E-state index in [9.17, 15) is 0 Å². The summed E-state index contributed by atoms with van der Waals surface area (Å²) in [6.45, 7) is 0. The molecule has 0 amide bonds. The first kappa shape index (κ1) is 40.3.